The molecule has 10 heteroatoms. The molecule has 1 aromatic carbocycles. The average Bonchev–Trinajstić information content (AvgIpc) is 3.03. The molecule has 0 atom stereocenters. The van der Waals surface area contributed by atoms with E-state index in [0.29, 0.717) is 23.9 Å². The van der Waals surface area contributed by atoms with Crippen LogP contribution in [0, 0.1) is 0 Å². The highest BCUT2D eigenvalue weighted by molar-refractivity contribution is 7.89. The third-order valence-electron chi connectivity index (χ3n) is 4.25. The molecule has 0 aliphatic rings. The summed E-state index contributed by atoms with van der Waals surface area (Å²) in [5, 5.41) is 8.38. The van der Waals surface area contributed by atoms with Crippen LogP contribution < -0.4 is 5.73 Å². The van der Waals surface area contributed by atoms with E-state index in [2.05, 4.69) is 20.2 Å². The van der Waals surface area contributed by atoms with E-state index in [1.54, 1.807) is 38.1 Å². The number of rotatable bonds is 6. The zero-order chi connectivity index (χ0) is 20.3. The molecular formula is C18H20N6O3S. The Morgan fingerprint density at radius 3 is 2.57 bits per heavy atom. The van der Waals surface area contributed by atoms with Gasteiger partial charge in [0, 0.05) is 30.1 Å². The maximum absolute atomic E-state index is 13.0. The number of nitrogens with two attached hydrogens (primary N) is 1. The summed E-state index contributed by atoms with van der Waals surface area (Å²) in [6.45, 7) is 4.21. The van der Waals surface area contributed by atoms with Crippen molar-refractivity contribution < 1.29 is 13.2 Å². The first-order valence-corrected chi connectivity index (χ1v) is 10.1. The second-order valence-corrected chi connectivity index (χ2v) is 7.78. The number of hydrogen-bond acceptors (Lipinski definition) is 6. The minimum absolute atomic E-state index is 0.0833. The van der Waals surface area contributed by atoms with E-state index in [0.717, 1.165) is 0 Å². The molecule has 3 aromatic rings. The minimum Gasteiger partial charge on any atom is -0.385 e. The van der Waals surface area contributed by atoms with Crippen molar-refractivity contribution in [3.05, 3.63) is 48.3 Å². The molecule has 1 amide bonds. The minimum atomic E-state index is -3.73. The Labute approximate surface area is 162 Å². The number of fused-ring (bicyclic) bond motifs is 1. The second-order valence-electron chi connectivity index (χ2n) is 5.88. The van der Waals surface area contributed by atoms with E-state index in [1.807, 2.05) is 0 Å². The molecule has 3 rings (SSSR count). The first-order chi connectivity index (χ1) is 13.4. The molecule has 0 bridgehead atoms. The lowest BCUT2D eigenvalue weighted by atomic mass is 10.2. The lowest BCUT2D eigenvalue weighted by Crippen LogP contribution is -2.30. The van der Waals surface area contributed by atoms with Gasteiger partial charge in [-0.1, -0.05) is 32.0 Å². The number of nitrogens with one attached hydrogen (secondary N) is 1. The van der Waals surface area contributed by atoms with Crippen molar-refractivity contribution in [1.82, 2.24) is 14.3 Å². The summed E-state index contributed by atoms with van der Waals surface area (Å²) in [7, 11) is -3.73. The highest BCUT2D eigenvalue weighted by atomic mass is 32.2. The van der Waals surface area contributed by atoms with Crippen LogP contribution >= 0.6 is 0 Å². The molecule has 0 saturated heterocycles. The van der Waals surface area contributed by atoms with Gasteiger partial charge in [-0.15, -0.1) is 10.2 Å². The number of anilines is 1. The van der Waals surface area contributed by atoms with Crippen LogP contribution in [-0.4, -0.2) is 41.7 Å². The molecule has 2 aromatic heterocycles. The van der Waals surface area contributed by atoms with Gasteiger partial charge < -0.3 is 10.7 Å². The molecule has 9 nitrogen and oxygen atoms in total. The average molecular weight is 400 g/mol. The predicted molar refractivity (Wildman–Crippen MR) is 106 cm³/mol. The zero-order valence-electron chi connectivity index (χ0n) is 15.5. The molecule has 0 unspecified atom stereocenters. The summed E-state index contributed by atoms with van der Waals surface area (Å²) in [4.78, 5) is 18.9. The maximum atomic E-state index is 13.0. The molecule has 0 aliphatic carbocycles. The van der Waals surface area contributed by atoms with E-state index in [4.69, 9.17) is 5.73 Å². The standard InChI is InChI=1S/C18H20N6O3S/c1-3-24(4-2)28(26,27)14-10-7-8-12-15(14)16(19)21-17(12)22-23-18(25)13-9-5-6-11-20-13/h5-11,21H,3-4,19H2,1-2H3. The molecule has 0 radical (unpaired) electrons. The SMILES string of the molecule is CCN(CC)S(=O)(=O)c1cccc2c(N=NC(=O)c3ccccn3)[nH]c(N)c12. The van der Waals surface area contributed by atoms with Gasteiger partial charge in [0.1, 0.15) is 11.5 Å². The van der Waals surface area contributed by atoms with Crippen LogP contribution in [0.1, 0.15) is 24.3 Å². The van der Waals surface area contributed by atoms with E-state index in [-0.39, 0.29) is 22.2 Å². The number of sulfonamides is 1. The van der Waals surface area contributed by atoms with Crippen LogP contribution in [-0.2, 0) is 10.0 Å². The fraction of sp³-hybridized carbons (Fsp3) is 0.222. The lowest BCUT2D eigenvalue weighted by Gasteiger charge is -2.19. The molecule has 0 saturated carbocycles. The van der Waals surface area contributed by atoms with Crippen molar-refractivity contribution in [1.29, 1.82) is 0 Å². The highest BCUT2D eigenvalue weighted by Crippen LogP contribution is 2.36. The quantitative estimate of drug-likeness (QED) is 0.613. The summed E-state index contributed by atoms with van der Waals surface area (Å²) >= 11 is 0. The number of H-pyrrole nitrogens is 1. The molecular weight excluding hydrogens is 380 g/mol. The monoisotopic (exact) mass is 400 g/mol. The number of aromatic amines is 1. The van der Waals surface area contributed by atoms with Gasteiger partial charge in [0.05, 0.1) is 4.90 Å². The number of azo groups is 1. The van der Waals surface area contributed by atoms with Gasteiger partial charge in [0.15, 0.2) is 5.82 Å². The molecule has 0 fully saturated rings. The Bertz CT molecular complexity index is 1130. The zero-order valence-corrected chi connectivity index (χ0v) is 16.3. The van der Waals surface area contributed by atoms with Crippen molar-refractivity contribution >= 4 is 38.3 Å². The summed E-state index contributed by atoms with van der Waals surface area (Å²) in [5.41, 5.74) is 6.19. The van der Waals surface area contributed by atoms with Gasteiger partial charge in [0.25, 0.3) is 0 Å². The molecule has 0 aliphatic heterocycles. The molecule has 146 valence electrons. The number of aromatic nitrogens is 2. The van der Waals surface area contributed by atoms with E-state index >= 15 is 0 Å². The lowest BCUT2D eigenvalue weighted by molar-refractivity contribution is 0.0990. The fourth-order valence-corrected chi connectivity index (χ4v) is 4.58. The number of carbonyl (C=O) groups is 1. The first-order valence-electron chi connectivity index (χ1n) is 8.67. The first kappa shape index (κ1) is 19.6. The van der Waals surface area contributed by atoms with Crippen molar-refractivity contribution in [2.45, 2.75) is 18.7 Å². The number of hydrogen-bond donors (Lipinski definition) is 2. The van der Waals surface area contributed by atoms with Gasteiger partial charge in [-0.3, -0.25) is 9.78 Å². The van der Waals surface area contributed by atoms with Gasteiger partial charge in [-0.2, -0.15) is 4.31 Å². The normalized spacial score (nSPS) is 12.2. The highest BCUT2D eigenvalue weighted by Gasteiger charge is 2.26. The summed E-state index contributed by atoms with van der Waals surface area (Å²) in [5.74, 6) is -0.275. The van der Waals surface area contributed by atoms with Crippen LogP contribution in [0.5, 0.6) is 0 Å². The third-order valence-corrected chi connectivity index (χ3v) is 6.34. The summed E-state index contributed by atoms with van der Waals surface area (Å²) in [6.07, 6.45) is 1.48. The maximum Gasteiger partial charge on any atom is 0.313 e. The number of carbonyl (C=O) groups excluding carboxylic acids is 1. The third kappa shape index (κ3) is 3.51. The van der Waals surface area contributed by atoms with E-state index in [9.17, 15) is 13.2 Å². The van der Waals surface area contributed by atoms with Crippen molar-refractivity contribution in [2.24, 2.45) is 10.2 Å². The number of pyridine rings is 1. The van der Waals surface area contributed by atoms with Crippen LogP contribution in [0.15, 0.2) is 57.7 Å². The van der Waals surface area contributed by atoms with Gasteiger partial charge >= 0.3 is 5.91 Å². The molecule has 0 spiro atoms. The Morgan fingerprint density at radius 1 is 1.18 bits per heavy atom. The predicted octanol–water partition coefficient (Wildman–Crippen LogP) is 3.10. The Morgan fingerprint density at radius 2 is 1.93 bits per heavy atom. The Hall–Kier alpha value is -3.11. The largest absolute Gasteiger partial charge is 0.385 e. The molecule has 2 heterocycles. The fourth-order valence-electron chi connectivity index (χ4n) is 2.90. The number of amides is 1. The van der Waals surface area contributed by atoms with Crippen LogP contribution in [0.4, 0.5) is 11.6 Å². The second kappa shape index (κ2) is 7.87. The van der Waals surface area contributed by atoms with Crippen LogP contribution in [0.3, 0.4) is 0 Å². The number of nitrogen functional groups attached to an aromatic ring is 1. The van der Waals surface area contributed by atoms with Crippen molar-refractivity contribution in [3.63, 3.8) is 0 Å². The topological polar surface area (TPSA) is 134 Å². The number of benzene rings is 1. The van der Waals surface area contributed by atoms with Gasteiger partial charge in [0.2, 0.25) is 10.0 Å². The molecule has 3 N–H and O–H groups in total. The Balaban J connectivity index is 2.06. The van der Waals surface area contributed by atoms with Gasteiger partial charge in [-0.25, -0.2) is 8.42 Å². The summed E-state index contributed by atoms with van der Waals surface area (Å²) < 4.78 is 27.3. The van der Waals surface area contributed by atoms with Crippen LogP contribution in [0.25, 0.3) is 10.8 Å². The van der Waals surface area contributed by atoms with E-state index in [1.165, 1.54) is 22.6 Å². The van der Waals surface area contributed by atoms with Crippen LogP contribution in [0.2, 0.25) is 0 Å². The smallest absolute Gasteiger partial charge is 0.313 e. The molecule has 28 heavy (non-hydrogen) atoms. The van der Waals surface area contributed by atoms with Crippen molar-refractivity contribution in [2.75, 3.05) is 18.8 Å². The number of nitrogens with zero attached hydrogens (tertiary/aromatic N) is 4. The van der Waals surface area contributed by atoms with Crippen molar-refractivity contribution in [3.8, 4) is 0 Å². The van der Waals surface area contributed by atoms with Gasteiger partial charge in [-0.05, 0) is 18.2 Å². The Kier molecular flexibility index (Phi) is 5.52. The van der Waals surface area contributed by atoms with E-state index < -0.39 is 15.9 Å². The summed E-state index contributed by atoms with van der Waals surface area (Å²) in [6, 6.07) is 9.65.